The lowest BCUT2D eigenvalue weighted by molar-refractivity contribution is -0.126. The molecule has 4 nitrogen and oxygen atoms in total. The zero-order valence-electron chi connectivity index (χ0n) is 7.62. The van der Waals surface area contributed by atoms with E-state index < -0.39 is 6.10 Å². The van der Waals surface area contributed by atoms with Crippen LogP contribution in [0.1, 0.15) is 6.92 Å². The Kier molecular flexibility index (Phi) is 3.74. The van der Waals surface area contributed by atoms with E-state index in [-0.39, 0.29) is 5.91 Å². The van der Waals surface area contributed by atoms with Crippen molar-refractivity contribution in [3.8, 4) is 11.8 Å². The summed E-state index contributed by atoms with van der Waals surface area (Å²) >= 11 is 0. The number of amides is 1. The van der Waals surface area contributed by atoms with Crippen molar-refractivity contribution >= 4 is 5.91 Å². The van der Waals surface area contributed by atoms with E-state index in [0.717, 1.165) is 0 Å². The minimum atomic E-state index is -0.592. The molecule has 0 aromatic heterocycles. The average Bonchev–Trinajstić information content (AvgIpc) is 2.30. The summed E-state index contributed by atoms with van der Waals surface area (Å²) < 4.78 is 5.07. The van der Waals surface area contributed by atoms with Crippen LogP contribution < -0.4 is 0 Å². The molecule has 1 rings (SSSR count). The van der Waals surface area contributed by atoms with Gasteiger partial charge in [-0.3, -0.25) is 4.79 Å². The van der Waals surface area contributed by atoms with Gasteiger partial charge in [0, 0.05) is 13.1 Å². The highest BCUT2D eigenvalue weighted by Gasteiger charge is 2.19. The first kappa shape index (κ1) is 10.0. The van der Waals surface area contributed by atoms with Gasteiger partial charge in [0.25, 0.3) is 5.91 Å². The number of carbonyl (C=O) groups excluding carboxylic acids is 1. The Hall–Kier alpha value is -1.05. The second-order valence-corrected chi connectivity index (χ2v) is 2.85. The predicted octanol–water partition coefficient (Wildman–Crippen LogP) is -0.771. The van der Waals surface area contributed by atoms with Crippen LogP contribution in [0.25, 0.3) is 0 Å². The monoisotopic (exact) mass is 183 g/mol. The molecule has 1 N–H and O–H groups in total. The van der Waals surface area contributed by atoms with Crippen molar-refractivity contribution in [2.75, 3.05) is 26.3 Å². The van der Waals surface area contributed by atoms with E-state index in [1.54, 1.807) is 6.92 Å². The molecule has 0 saturated carbocycles. The molecule has 0 bridgehead atoms. The molecule has 13 heavy (non-hydrogen) atoms. The lowest BCUT2D eigenvalue weighted by Crippen LogP contribution is -2.36. The van der Waals surface area contributed by atoms with Crippen LogP contribution in [0, 0.1) is 11.8 Å². The number of β-amino-alcohol motifs (C(OH)–C–C–N with tert-alkyl or cyclic N) is 1. The van der Waals surface area contributed by atoms with E-state index >= 15 is 0 Å². The zero-order chi connectivity index (χ0) is 9.68. The van der Waals surface area contributed by atoms with Crippen molar-refractivity contribution in [3.63, 3.8) is 0 Å². The first-order valence-electron chi connectivity index (χ1n) is 4.21. The molecule has 0 aliphatic carbocycles. The third-order valence-electron chi connectivity index (χ3n) is 1.77. The summed E-state index contributed by atoms with van der Waals surface area (Å²) in [6, 6.07) is 0. The van der Waals surface area contributed by atoms with Gasteiger partial charge >= 0.3 is 0 Å². The highest BCUT2D eigenvalue weighted by molar-refractivity contribution is 5.93. The number of rotatable bonds is 0. The van der Waals surface area contributed by atoms with Crippen molar-refractivity contribution in [1.29, 1.82) is 0 Å². The van der Waals surface area contributed by atoms with Crippen LogP contribution in [0.5, 0.6) is 0 Å². The SMILES string of the molecule is CC#CC(=O)N1CCOCC(O)C1. The summed E-state index contributed by atoms with van der Waals surface area (Å²) in [6.07, 6.45) is -0.592. The summed E-state index contributed by atoms with van der Waals surface area (Å²) in [7, 11) is 0. The lowest BCUT2D eigenvalue weighted by atomic mass is 10.3. The summed E-state index contributed by atoms with van der Waals surface area (Å²) in [5, 5.41) is 9.31. The molecule has 0 aromatic carbocycles. The van der Waals surface area contributed by atoms with Gasteiger partial charge < -0.3 is 14.7 Å². The first-order valence-corrected chi connectivity index (χ1v) is 4.21. The maximum Gasteiger partial charge on any atom is 0.298 e. The van der Waals surface area contributed by atoms with Crippen molar-refractivity contribution < 1.29 is 14.6 Å². The van der Waals surface area contributed by atoms with E-state index in [4.69, 9.17) is 4.74 Å². The number of aliphatic hydroxyl groups excluding tert-OH is 1. The van der Waals surface area contributed by atoms with Gasteiger partial charge in [-0.05, 0) is 12.8 Å². The molecule has 1 aliphatic rings. The molecule has 72 valence electrons. The summed E-state index contributed by atoms with van der Waals surface area (Å²) in [5.74, 6) is 4.73. The van der Waals surface area contributed by atoms with Gasteiger partial charge in [0.2, 0.25) is 0 Å². The number of nitrogens with zero attached hydrogens (tertiary/aromatic N) is 1. The zero-order valence-corrected chi connectivity index (χ0v) is 7.62. The first-order chi connectivity index (χ1) is 6.24. The molecule has 1 aliphatic heterocycles. The van der Waals surface area contributed by atoms with Crippen molar-refractivity contribution in [2.24, 2.45) is 0 Å². The molecule has 1 saturated heterocycles. The second kappa shape index (κ2) is 4.85. The van der Waals surface area contributed by atoms with Gasteiger partial charge in [-0.25, -0.2) is 0 Å². The van der Waals surface area contributed by atoms with Gasteiger partial charge in [-0.2, -0.15) is 0 Å². The van der Waals surface area contributed by atoms with Crippen LogP contribution in [0.3, 0.4) is 0 Å². The lowest BCUT2D eigenvalue weighted by Gasteiger charge is -2.17. The number of hydrogen-bond acceptors (Lipinski definition) is 3. The molecule has 1 unspecified atom stereocenters. The Morgan fingerprint density at radius 3 is 3.15 bits per heavy atom. The third kappa shape index (κ3) is 3.05. The Balaban J connectivity index is 2.55. The molecule has 0 radical (unpaired) electrons. The van der Waals surface area contributed by atoms with Crippen LogP contribution in [0.4, 0.5) is 0 Å². The van der Waals surface area contributed by atoms with Crippen LogP contribution in [0.15, 0.2) is 0 Å². The fourth-order valence-electron chi connectivity index (χ4n) is 1.16. The number of carbonyl (C=O) groups is 1. The van der Waals surface area contributed by atoms with Gasteiger partial charge in [-0.1, -0.05) is 5.92 Å². The summed E-state index contributed by atoms with van der Waals surface area (Å²) in [4.78, 5) is 12.8. The normalized spacial score (nSPS) is 22.9. The Bertz CT molecular complexity index is 241. The van der Waals surface area contributed by atoms with Gasteiger partial charge in [0.1, 0.15) is 0 Å². The van der Waals surface area contributed by atoms with Crippen LogP contribution in [0.2, 0.25) is 0 Å². The third-order valence-corrected chi connectivity index (χ3v) is 1.77. The summed E-state index contributed by atoms with van der Waals surface area (Å²) in [5.41, 5.74) is 0. The van der Waals surface area contributed by atoms with Crippen molar-refractivity contribution in [1.82, 2.24) is 4.90 Å². The van der Waals surface area contributed by atoms with Crippen LogP contribution in [-0.4, -0.2) is 48.3 Å². The van der Waals surface area contributed by atoms with Gasteiger partial charge in [-0.15, -0.1) is 0 Å². The Morgan fingerprint density at radius 1 is 1.69 bits per heavy atom. The quantitative estimate of drug-likeness (QED) is 0.502. The average molecular weight is 183 g/mol. The molecule has 4 heteroatoms. The molecule has 0 aromatic rings. The molecular formula is C9H13NO3. The molecular weight excluding hydrogens is 170 g/mol. The maximum atomic E-state index is 11.3. The molecule has 1 heterocycles. The minimum absolute atomic E-state index is 0.243. The van der Waals surface area contributed by atoms with Crippen LogP contribution in [-0.2, 0) is 9.53 Å². The molecule has 1 atom stereocenters. The number of hydrogen-bond donors (Lipinski definition) is 1. The highest BCUT2D eigenvalue weighted by atomic mass is 16.5. The van der Waals surface area contributed by atoms with Crippen LogP contribution >= 0.6 is 0 Å². The number of ether oxygens (including phenoxy) is 1. The van der Waals surface area contributed by atoms with E-state index in [9.17, 15) is 9.90 Å². The van der Waals surface area contributed by atoms with E-state index in [1.807, 2.05) is 0 Å². The van der Waals surface area contributed by atoms with E-state index in [1.165, 1.54) is 4.90 Å². The van der Waals surface area contributed by atoms with Gasteiger partial charge in [0.15, 0.2) is 0 Å². The van der Waals surface area contributed by atoms with Gasteiger partial charge in [0.05, 0.1) is 19.3 Å². The maximum absolute atomic E-state index is 11.3. The largest absolute Gasteiger partial charge is 0.389 e. The molecule has 1 amide bonds. The molecule has 1 fully saturated rings. The standard InChI is InChI=1S/C9H13NO3/c1-2-3-9(12)10-4-5-13-7-8(11)6-10/h8,11H,4-7H2,1H3. The predicted molar refractivity (Wildman–Crippen MR) is 46.9 cm³/mol. The smallest absolute Gasteiger partial charge is 0.298 e. The minimum Gasteiger partial charge on any atom is -0.389 e. The van der Waals surface area contributed by atoms with Crippen molar-refractivity contribution in [3.05, 3.63) is 0 Å². The fourth-order valence-corrected chi connectivity index (χ4v) is 1.16. The fraction of sp³-hybridized carbons (Fsp3) is 0.667. The van der Waals surface area contributed by atoms with E-state index in [0.29, 0.717) is 26.3 Å². The Labute approximate surface area is 77.5 Å². The topological polar surface area (TPSA) is 49.8 Å². The molecule has 0 spiro atoms. The number of aliphatic hydroxyl groups is 1. The van der Waals surface area contributed by atoms with Crippen molar-refractivity contribution in [2.45, 2.75) is 13.0 Å². The Morgan fingerprint density at radius 2 is 2.46 bits per heavy atom. The second-order valence-electron chi connectivity index (χ2n) is 2.85. The van der Waals surface area contributed by atoms with E-state index in [2.05, 4.69) is 11.8 Å². The summed E-state index contributed by atoms with van der Waals surface area (Å²) in [6.45, 7) is 3.19. The highest BCUT2D eigenvalue weighted by Crippen LogP contribution is 1.99.